The van der Waals surface area contributed by atoms with Gasteiger partial charge in [-0.05, 0) is 17.7 Å². The van der Waals surface area contributed by atoms with Gasteiger partial charge in [-0.3, -0.25) is 4.79 Å². The normalized spacial score (nSPS) is 10.0. The van der Waals surface area contributed by atoms with Crippen molar-refractivity contribution in [2.24, 2.45) is 0 Å². The molecule has 0 aliphatic carbocycles. The Morgan fingerprint density at radius 1 is 1.22 bits per heavy atom. The van der Waals surface area contributed by atoms with Crippen molar-refractivity contribution in [3.05, 3.63) is 23.8 Å². The second-order valence-corrected chi connectivity index (χ2v) is 4.08. The molecule has 1 aromatic carbocycles. The number of nitrogens with one attached hydrogen (secondary N) is 1. The number of nitrogens with zero attached hydrogens (tertiary/aromatic N) is 1. The van der Waals surface area contributed by atoms with Crippen molar-refractivity contribution in [1.82, 2.24) is 10.2 Å². The Hall–Kier alpha value is -1.75. The van der Waals surface area contributed by atoms with Crippen molar-refractivity contribution < 1.29 is 14.3 Å². The van der Waals surface area contributed by atoms with E-state index in [1.165, 1.54) is 0 Å². The summed E-state index contributed by atoms with van der Waals surface area (Å²) in [6.45, 7) is 0.932. The van der Waals surface area contributed by atoms with E-state index < -0.39 is 0 Å². The molecule has 1 N–H and O–H groups in total. The summed E-state index contributed by atoms with van der Waals surface area (Å²) in [5, 5.41) is 3.08. The molecule has 5 heteroatoms. The SMILES string of the molecule is COc1ccc(CNCC(=O)N(C)C)cc1OC. The van der Waals surface area contributed by atoms with Crippen molar-refractivity contribution in [3.63, 3.8) is 0 Å². The first-order valence-corrected chi connectivity index (χ1v) is 5.70. The van der Waals surface area contributed by atoms with Crippen LogP contribution in [0.3, 0.4) is 0 Å². The van der Waals surface area contributed by atoms with Gasteiger partial charge >= 0.3 is 0 Å². The number of amides is 1. The van der Waals surface area contributed by atoms with Crippen LogP contribution in [0.4, 0.5) is 0 Å². The first-order chi connectivity index (χ1) is 8.58. The Labute approximate surface area is 108 Å². The van der Waals surface area contributed by atoms with Crippen molar-refractivity contribution in [2.75, 3.05) is 34.9 Å². The lowest BCUT2D eigenvalue weighted by molar-refractivity contribution is -0.127. The third kappa shape index (κ3) is 3.92. The van der Waals surface area contributed by atoms with E-state index in [2.05, 4.69) is 5.32 Å². The van der Waals surface area contributed by atoms with Crippen LogP contribution in [-0.4, -0.2) is 45.7 Å². The monoisotopic (exact) mass is 252 g/mol. The zero-order valence-electron chi connectivity index (χ0n) is 11.3. The van der Waals surface area contributed by atoms with Crippen molar-refractivity contribution >= 4 is 5.91 Å². The number of likely N-dealkylation sites (N-methyl/N-ethyl adjacent to an activating group) is 1. The summed E-state index contributed by atoms with van der Waals surface area (Å²) in [6.07, 6.45) is 0. The number of benzene rings is 1. The predicted molar refractivity (Wildman–Crippen MR) is 69.9 cm³/mol. The van der Waals surface area contributed by atoms with Crippen LogP contribution in [0.5, 0.6) is 11.5 Å². The van der Waals surface area contributed by atoms with Crippen LogP contribution >= 0.6 is 0 Å². The summed E-state index contributed by atoms with van der Waals surface area (Å²) in [5.74, 6) is 1.44. The Balaban J connectivity index is 2.55. The van der Waals surface area contributed by atoms with E-state index in [0.717, 1.165) is 5.56 Å². The molecule has 1 rings (SSSR count). The van der Waals surface area contributed by atoms with Gasteiger partial charge in [0.1, 0.15) is 0 Å². The fraction of sp³-hybridized carbons (Fsp3) is 0.462. The fourth-order valence-electron chi connectivity index (χ4n) is 1.46. The molecule has 0 heterocycles. The molecule has 0 spiro atoms. The Morgan fingerprint density at radius 3 is 2.44 bits per heavy atom. The summed E-state index contributed by atoms with van der Waals surface area (Å²) in [5.41, 5.74) is 1.04. The fourth-order valence-corrected chi connectivity index (χ4v) is 1.46. The summed E-state index contributed by atoms with van der Waals surface area (Å²) in [6, 6.07) is 5.68. The molecule has 1 amide bonds. The van der Waals surface area contributed by atoms with Crippen LogP contribution in [0, 0.1) is 0 Å². The van der Waals surface area contributed by atoms with Gasteiger partial charge in [0.25, 0.3) is 0 Å². The lowest BCUT2D eigenvalue weighted by atomic mass is 10.2. The lowest BCUT2D eigenvalue weighted by Gasteiger charge is -2.12. The van der Waals surface area contributed by atoms with E-state index in [9.17, 15) is 4.79 Å². The summed E-state index contributed by atoms with van der Waals surface area (Å²) in [7, 11) is 6.68. The Kier molecular flexibility index (Phi) is 5.45. The van der Waals surface area contributed by atoms with E-state index in [0.29, 0.717) is 24.6 Å². The number of hydrogen-bond acceptors (Lipinski definition) is 4. The molecule has 18 heavy (non-hydrogen) atoms. The van der Waals surface area contributed by atoms with Gasteiger partial charge in [-0.1, -0.05) is 6.07 Å². The van der Waals surface area contributed by atoms with Gasteiger partial charge in [0.15, 0.2) is 11.5 Å². The van der Waals surface area contributed by atoms with E-state index >= 15 is 0 Å². The number of carbonyl (C=O) groups is 1. The van der Waals surface area contributed by atoms with Gasteiger partial charge in [-0.25, -0.2) is 0 Å². The molecule has 100 valence electrons. The van der Waals surface area contributed by atoms with Gasteiger partial charge in [-0.2, -0.15) is 0 Å². The highest BCUT2D eigenvalue weighted by Gasteiger charge is 2.06. The molecule has 0 radical (unpaired) electrons. The minimum absolute atomic E-state index is 0.0514. The van der Waals surface area contributed by atoms with Gasteiger partial charge in [0.05, 0.1) is 20.8 Å². The number of ether oxygens (including phenoxy) is 2. The topological polar surface area (TPSA) is 50.8 Å². The maximum Gasteiger partial charge on any atom is 0.236 e. The lowest BCUT2D eigenvalue weighted by Crippen LogP contribution is -2.32. The maximum absolute atomic E-state index is 11.4. The van der Waals surface area contributed by atoms with Crippen LogP contribution in [0.25, 0.3) is 0 Å². The summed E-state index contributed by atoms with van der Waals surface area (Å²) >= 11 is 0. The van der Waals surface area contributed by atoms with E-state index in [1.807, 2.05) is 18.2 Å². The standard InChI is InChI=1S/C13H20N2O3/c1-15(2)13(16)9-14-8-10-5-6-11(17-3)12(7-10)18-4/h5-7,14H,8-9H2,1-4H3. The molecule has 0 saturated heterocycles. The maximum atomic E-state index is 11.4. The molecule has 0 saturated carbocycles. The number of methoxy groups -OCH3 is 2. The number of carbonyl (C=O) groups excluding carboxylic acids is 1. The average molecular weight is 252 g/mol. The van der Waals surface area contributed by atoms with Gasteiger partial charge < -0.3 is 19.7 Å². The Bertz CT molecular complexity index is 405. The molecule has 0 aliphatic rings. The summed E-state index contributed by atoms with van der Waals surface area (Å²) in [4.78, 5) is 12.9. The quantitative estimate of drug-likeness (QED) is 0.816. The minimum Gasteiger partial charge on any atom is -0.493 e. The molecule has 0 bridgehead atoms. The second-order valence-electron chi connectivity index (χ2n) is 4.08. The van der Waals surface area contributed by atoms with Crippen molar-refractivity contribution in [2.45, 2.75) is 6.54 Å². The van der Waals surface area contributed by atoms with Crippen LogP contribution in [0.15, 0.2) is 18.2 Å². The molecule has 0 aliphatic heterocycles. The minimum atomic E-state index is 0.0514. The van der Waals surface area contributed by atoms with Crippen LogP contribution < -0.4 is 14.8 Å². The van der Waals surface area contributed by atoms with Crippen LogP contribution in [-0.2, 0) is 11.3 Å². The molecule has 0 unspecified atom stereocenters. The predicted octanol–water partition coefficient (Wildman–Crippen LogP) is 0.882. The third-order valence-electron chi connectivity index (χ3n) is 2.55. The van der Waals surface area contributed by atoms with Crippen LogP contribution in [0.1, 0.15) is 5.56 Å². The van der Waals surface area contributed by atoms with Gasteiger partial charge in [-0.15, -0.1) is 0 Å². The van der Waals surface area contributed by atoms with E-state index in [1.54, 1.807) is 33.2 Å². The number of hydrogen-bond donors (Lipinski definition) is 1. The van der Waals surface area contributed by atoms with Crippen molar-refractivity contribution in [1.29, 1.82) is 0 Å². The average Bonchev–Trinajstić information content (AvgIpc) is 2.38. The van der Waals surface area contributed by atoms with Crippen LogP contribution in [0.2, 0.25) is 0 Å². The van der Waals surface area contributed by atoms with Crippen molar-refractivity contribution in [3.8, 4) is 11.5 Å². The highest BCUT2D eigenvalue weighted by atomic mass is 16.5. The highest BCUT2D eigenvalue weighted by Crippen LogP contribution is 2.27. The third-order valence-corrected chi connectivity index (χ3v) is 2.55. The number of rotatable bonds is 6. The molecule has 0 fully saturated rings. The molecule has 0 atom stereocenters. The zero-order valence-corrected chi connectivity index (χ0v) is 11.3. The first kappa shape index (κ1) is 14.3. The smallest absolute Gasteiger partial charge is 0.236 e. The second kappa shape index (κ2) is 6.86. The summed E-state index contributed by atoms with van der Waals surface area (Å²) < 4.78 is 10.4. The molecule has 0 aromatic heterocycles. The Morgan fingerprint density at radius 2 is 1.89 bits per heavy atom. The molecular weight excluding hydrogens is 232 g/mol. The van der Waals surface area contributed by atoms with Gasteiger partial charge in [0, 0.05) is 20.6 Å². The van der Waals surface area contributed by atoms with E-state index in [-0.39, 0.29) is 5.91 Å². The van der Waals surface area contributed by atoms with Gasteiger partial charge in [0.2, 0.25) is 5.91 Å². The molecule has 5 nitrogen and oxygen atoms in total. The molecular formula is C13H20N2O3. The highest BCUT2D eigenvalue weighted by molar-refractivity contribution is 5.77. The zero-order chi connectivity index (χ0) is 13.5. The first-order valence-electron chi connectivity index (χ1n) is 5.70. The van der Waals surface area contributed by atoms with E-state index in [4.69, 9.17) is 9.47 Å². The molecule has 1 aromatic rings. The largest absolute Gasteiger partial charge is 0.493 e.